The summed E-state index contributed by atoms with van der Waals surface area (Å²) in [5.41, 5.74) is 2.77. The molecule has 1 unspecified atom stereocenters. The highest BCUT2D eigenvalue weighted by atomic mass is 16.2. The van der Waals surface area contributed by atoms with Gasteiger partial charge in [0.05, 0.1) is 0 Å². The average molecular weight is 399 g/mol. The highest BCUT2D eigenvalue weighted by molar-refractivity contribution is 6.05. The molecule has 2 fully saturated rings. The molecule has 1 atom stereocenters. The number of carbonyl (C=O) groups excluding carboxylic acids is 3. The van der Waals surface area contributed by atoms with E-state index in [2.05, 4.69) is 22.0 Å². The Balaban J connectivity index is 1.25. The number of nitrogens with one attached hydrogen (secondary N) is 3. The Morgan fingerprint density at radius 1 is 1.07 bits per heavy atom. The fraction of sp³-hybridized carbons (Fsp3) is 0.591. The van der Waals surface area contributed by atoms with Crippen LogP contribution in [0.15, 0.2) is 18.2 Å². The molecule has 0 spiro atoms. The normalized spacial score (nSPS) is 22.3. The fourth-order valence-electron chi connectivity index (χ4n) is 4.62. The largest absolute Gasteiger partial charge is 0.322 e. The first-order valence-corrected chi connectivity index (χ1v) is 10.8. The van der Waals surface area contributed by atoms with Gasteiger partial charge in [0.25, 0.3) is 5.91 Å². The van der Waals surface area contributed by atoms with E-state index < -0.39 is 6.04 Å². The Kier molecular flexibility index (Phi) is 6.25. The molecular weight excluding hydrogens is 368 g/mol. The Bertz CT molecular complexity index is 788. The molecule has 4 rings (SSSR count). The van der Waals surface area contributed by atoms with Crippen molar-refractivity contribution in [1.82, 2.24) is 20.9 Å². The van der Waals surface area contributed by atoms with Gasteiger partial charge in [0, 0.05) is 31.1 Å². The third-order valence-electron chi connectivity index (χ3n) is 6.24. The van der Waals surface area contributed by atoms with Gasteiger partial charge in [-0.3, -0.25) is 19.7 Å². The number of fused-ring (bicyclic) bond motifs is 1. The summed E-state index contributed by atoms with van der Waals surface area (Å²) in [4.78, 5) is 37.8. The van der Waals surface area contributed by atoms with E-state index >= 15 is 0 Å². The van der Waals surface area contributed by atoms with Gasteiger partial charge in [-0.2, -0.15) is 0 Å². The minimum atomic E-state index is -0.554. The van der Waals surface area contributed by atoms with Gasteiger partial charge in [0.1, 0.15) is 6.04 Å². The summed E-state index contributed by atoms with van der Waals surface area (Å²) in [6.45, 7) is 3.21. The van der Waals surface area contributed by atoms with Crippen LogP contribution in [0.3, 0.4) is 0 Å². The summed E-state index contributed by atoms with van der Waals surface area (Å²) >= 11 is 0. The number of hydrogen-bond donors (Lipinski definition) is 3. The summed E-state index contributed by atoms with van der Waals surface area (Å²) in [6, 6.07) is 6.07. The molecule has 0 bridgehead atoms. The highest BCUT2D eigenvalue weighted by Gasteiger charge is 2.38. The van der Waals surface area contributed by atoms with Crippen LogP contribution in [0.25, 0.3) is 0 Å². The Morgan fingerprint density at radius 3 is 2.69 bits per heavy atom. The SMILES string of the molecule is O=C1CCC(N2Cc3cc(CNCCCNC4CCCC4)ccc3C2=O)C(=O)N1. The highest BCUT2D eigenvalue weighted by Crippen LogP contribution is 2.28. The lowest BCUT2D eigenvalue weighted by atomic mass is 10.0. The third-order valence-corrected chi connectivity index (χ3v) is 6.24. The second-order valence-electron chi connectivity index (χ2n) is 8.36. The topological polar surface area (TPSA) is 90.5 Å². The number of amides is 3. The van der Waals surface area contributed by atoms with Crippen molar-refractivity contribution in [1.29, 1.82) is 0 Å². The van der Waals surface area contributed by atoms with Crippen LogP contribution in [0, 0.1) is 0 Å². The van der Waals surface area contributed by atoms with Crippen molar-refractivity contribution in [2.75, 3.05) is 13.1 Å². The van der Waals surface area contributed by atoms with Crippen molar-refractivity contribution in [3.8, 4) is 0 Å². The van der Waals surface area contributed by atoms with E-state index in [0.29, 0.717) is 18.5 Å². The quantitative estimate of drug-likeness (QED) is 0.456. The van der Waals surface area contributed by atoms with Crippen molar-refractivity contribution in [2.45, 2.75) is 70.1 Å². The van der Waals surface area contributed by atoms with Gasteiger partial charge in [-0.25, -0.2) is 0 Å². The molecule has 1 aliphatic carbocycles. The number of nitrogens with zero attached hydrogens (tertiary/aromatic N) is 1. The molecule has 156 valence electrons. The smallest absolute Gasteiger partial charge is 0.255 e. The van der Waals surface area contributed by atoms with E-state index in [0.717, 1.165) is 43.2 Å². The molecule has 7 nitrogen and oxygen atoms in total. The van der Waals surface area contributed by atoms with Crippen molar-refractivity contribution >= 4 is 17.7 Å². The summed E-state index contributed by atoms with van der Waals surface area (Å²) in [6.07, 6.45) is 7.13. The maximum Gasteiger partial charge on any atom is 0.255 e. The number of piperidine rings is 1. The lowest BCUT2D eigenvalue weighted by molar-refractivity contribution is -0.136. The summed E-state index contributed by atoms with van der Waals surface area (Å²) in [5.74, 6) is -0.746. The first-order chi connectivity index (χ1) is 14.1. The Labute approximate surface area is 171 Å². The number of hydrogen-bond acceptors (Lipinski definition) is 5. The van der Waals surface area contributed by atoms with Crippen LogP contribution in [-0.4, -0.2) is 47.8 Å². The molecule has 2 heterocycles. The van der Waals surface area contributed by atoms with Gasteiger partial charge in [0.2, 0.25) is 11.8 Å². The molecule has 1 saturated carbocycles. The molecule has 7 heteroatoms. The zero-order chi connectivity index (χ0) is 20.2. The van der Waals surface area contributed by atoms with E-state index in [-0.39, 0.29) is 24.1 Å². The van der Waals surface area contributed by atoms with Crippen LogP contribution >= 0.6 is 0 Å². The first kappa shape index (κ1) is 20.0. The van der Waals surface area contributed by atoms with Crippen LogP contribution in [-0.2, 0) is 22.7 Å². The molecule has 3 aliphatic rings. The third kappa shape index (κ3) is 4.67. The Morgan fingerprint density at radius 2 is 1.90 bits per heavy atom. The molecule has 3 amide bonds. The van der Waals surface area contributed by atoms with Crippen molar-refractivity contribution in [3.63, 3.8) is 0 Å². The van der Waals surface area contributed by atoms with Gasteiger partial charge >= 0.3 is 0 Å². The molecular formula is C22H30N4O3. The van der Waals surface area contributed by atoms with Crippen molar-refractivity contribution < 1.29 is 14.4 Å². The first-order valence-electron chi connectivity index (χ1n) is 10.8. The molecule has 1 saturated heterocycles. The molecule has 1 aromatic rings. The number of benzene rings is 1. The van der Waals surface area contributed by atoms with Gasteiger partial charge < -0.3 is 15.5 Å². The number of carbonyl (C=O) groups is 3. The summed E-state index contributed by atoms with van der Waals surface area (Å²) in [5, 5.41) is 9.44. The van der Waals surface area contributed by atoms with Gasteiger partial charge in [-0.05, 0) is 56.0 Å². The number of rotatable bonds is 8. The van der Waals surface area contributed by atoms with Crippen LogP contribution in [0.1, 0.15) is 66.4 Å². The lowest BCUT2D eigenvalue weighted by Crippen LogP contribution is -2.52. The van der Waals surface area contributed by atoms with Crippen LogP contribution in [0.4, 0.5) is 0 Å². The Hall–Kier alpha value is -2.25. The van der Waals surface area contributed by atoms with E-state index in [1.54, 1.807) is 4.90 Å². The zero-order valence-corrected chi connectivity index (χ0v) is 16.8. The van der Waals surface area contributed by atoms with E-state index in [4.69, 9.17) is 0 Å². The average Bonchev–Trinajstić information content (AvgIpc) is 3.33. The lowest BCUT2D eigenvalue weighted by Gasteiger charge is -2.29. The molecule has 0 aromatic heterocycles. The predicted molar refractivity (Wildman–Crippen MR) is 109 cm³/mol. The van der Waals surface area contributed by atoms with Crippen LogP contribution in [0.5, 0.6) is 0 Å². The van der Waals surface area contributed by atoms with Gasteiger partial charge in [-0.1, -0.05) is 25.0 Å². The predicted octanol–water partition coefficient (Wildman–Crippen LogP) is 1.46. The molecule has 2 aliphatic heterocycles. The maximum absolute atomic E-state index is 12.7. The fourth-order valence-corrected chi connectivity index (χ4v) is 4.62. The van der Waals surface area contributed by atoms with Gasteiger partial charge in [-0.15, -0.1) is 0 Å². The summed E-state index contributed by atoms with van der Waals surface area (Å²) < 4.78 is 0. The monoisotopic (exact) mass is 398 g/mol. The van der Waals surface area contributed by atoms with E-state index in [9.17, 15) is 14.4 Å². The second kappa shape index (κ2) is 9.05. The van der Waals surface area contributed by atoms with Crippen LogP contribution < -0.4 is 16.0 Å². The molecule has 3 N–H and O–H groups in total. The standard InChI is InChI=1S/C22H30N4O3/c27-20-9-8-19(21(28)25-20)26-14-16-12-15(6-7-18(16)22(26)29)13-23-10-3-11-24-17-4-1-2-5-17/h6-7,12,17,19,23-24H,1-5,8-11,13-14H2,(H,25,27,28). The van der Waals surface area contributed by atoms with Crippen molar-refractivity contribution in [2.24, 2.45) is 0 Å². The number of imide groups is 1. The molecule has 1 aromatic carbocycles. The summed E-state index contributed by atoms with van der Waals surface area (Å²) in [7, 11) is 0. The zero-order valence-electron chi connectivity index (χ0n) is 16.8. The van der Waals surface area contributed by atoms with Crippen LogP contribution in [0.2, 0.25) is 0 Å². The maximum atomic E-state index is 12.7. The minimum Gasteiger partial charge on any atom is -0.322 e. The van der Waals surface area contributed by atoms with E-state index in [1.807, 2.05) is 12.1 Å². The minimum absolute atomic E-state index is 0.119. The molecule has 29 heavy (non-hydrogen) atoms. The van der Waals surface area contributed by atoms with E-state index in [1.165, 1.54) is 25.7 Å². The van der Waals surface area contributed by atoms with Gasteiger partial charge in [0.15, 0.2) is 0 Å². The molecule has 0 radical (unpaired) electrons. The second-order valence-corrected chi connectivity index (χ2v) is 8.36. The van der Waals surface area contributed by atoms with Crippen molar-refractivity contribution in [3.05, 3.63) is 34.9 Å².